The third-order valence-corrected chi connectivity index (χ3v) is 2.82. The maximum Gasteiger partial charge on any atom is 0.220 e. The van der Waals surface area contributed by atoms with E-state index < -0.39 is 0 Å². The summed E-state index contributed by atoms with van der Waals surface area (Å²) in [4.78, 5) is 11.5. The Balaban J connectivity index is 2.00. The number of hydrogen-bond donors (Lipinski definition) is 2. The van der Waals surface area contributed by atoms with Crippen LogP contribution in [-0.2, 0) is 11.3 Å². The molecule has 1 aromatic heterocycles. The first kappa shape index (κ1) is 14.5. The lowest BCUT2D eigenvalue weighted by molar-refractivity contribution is -0.121. The lowest BCUT2D eigenvalue weighted by Gasteiger charge is -2.05. The molecule has 18 heavy (non-hydrogen) atoms. The van der Waals surface area contributed by atoms with Crippen LogP contribution in [0.5, 0.6) is 0 Å². The van der Waals surface area contributed by atoms with Gasteiger partial charge in [0.2, 0.25) is 5.91 Å². The van der Waals surface area contributed by atoms with Gasteiger partial charge in [-0.15, -0.1) is 0 Å². The number of amides is 1. The molecular weight excluding hydrogens is 228 g/mol. The van der Waals surface area contributed by atoms with Crippen LogP contribution in [0.25, 0.3) is 0 Å². The maximum absolute atomic E-state index is 11.5. The van der Waals surface area contributed by atoms with Gasteiger partial charge in [0, 0.05) is 19.2 Å². The van der Waals surface area contributed by atoms with Gasteiger partial charge in [0.1, 0.15) is 0 Å². The number of unbranched alkanes of at least 4 members (excludes halogenated alkanes) is 4. The number of nitrogens with two attached hydrogens (primary N) is 1. The average Bonchev–Trinajstić information content (AvgIpc) is 2.75. The Labute approximate surface area is 109 Å². The van der Waals surface area contributed by atoms with Gasteiger partial charge in [0.15, 0.2) is 0 Å². The Kier molecular flexibility index (Phi) is 6.91. The molecule has 1 amide bonds. The third-order valence-electron chi connectivity index (χ3n) is 2.82. The van der Waals surface area contributed by atoms with E-state index in [0.29, 0.717) is 25.2 Å². The standard InChI is InChI=1S/C13H24N4O/c1-2-3-4-5-6-7-13(18)15-8-9-17-11-12(14)10-16-17/h10-11H,2-9,14H2,1H3,(H,15,18). The zero-order chi connectivity index (χ0) is 13.2. The molecule has 0 aliphatic carbocycles. The van der Waals surface area contributed by atoms with Gasteiger partial charge in [-0.3, -0.25) is 9.48 Å². The molecule has 0 aliphatic rings. The normalized spacial score (nSPS) is 10.5. The summed E-state index contributed by atoms with van der Waals surface area (Å²) in [6.45, 7) is 3.46. The Morgan fingerprint density at radius 3 is 2.83 bits per heavy atom. The van der Waals surface area contributed by atoms with E-state index >= 15 is 0 Å². The van der Waals surface area contributed by atoms with E-state index in [1.807, 2.05) is 0 Å². The van der Waals surface area contributed by atoms with Crippen LogP contribution < -0.4 is 11.1 Å². The number of rotatable bonds is 9. The minimum atomic E-state index is 0.131. The number of aromatic nitrogens is 2. The summed E-state index contributed by atoms with van der Waals surface area (Å²) in [6, 6.07) is 0. The van der Waals surface area contributed by atoms with Crippen molar-refractivity contribution in [2.24, 2.45) is 0 Å². The molecule has 0 aromatic carbocycles. The molecule has 0 unspecified atom stereocenters. The molecule has 0 saturated carbocycles. The van der Waals surface area contributed by atoms with Crippen LogP contribution in [-0.4, -0.2) is 22.2 Å². The number of carbonyl (C=O) groups excluding carboxylic acids is 1. The molecule has 5 heteroatoms. The number of carbonyl (C=O) groups is 1. The fourth-order valence-electron chi connectivity index (χ4n) is 1.79. The Bertz CT molecular complexity index is 349. The zero-order valence-corrected chi connectivity index (χ0v) is 11.2. The van der Waals surface area contributed by atoms with E-state index in [0.717, 1.165) is 12.8 Å². The highest BCUT2D eigenvalue weighted by Gasteiger charge is 2.01. The fourth-order valence-corrected chi connectivity index (χ4v) is 1.79. The fraction of sp³-hybridized carbons (Fsp3) is 0.692. The minimum Gasteiger partial charge on any atom is -0.396 e. The number of nitrogens with zero attached hydrogens (tertiary/aromatic N) is 2. The lowest BCUT2D eigenvalue weighted by atomic mass is 10.1. The van der Waals surface area contributed by atoms with Crippen molar-refractivity contribution in [3.05, 3.63) is 12.4 Å². The van der Waals surface area contributed by atoms with Gasteiger partial charge in [-0.25, -0.2) is 0 Å². The van der Waals surface area contributed by atoms with Crippen molar-refractivity contribution >= 4 is 11.6 Å². The molecule has 0 spiro atoms. The van der Waals surface area contributed by atoms with Gasteiger partial charge in [0.25, 0.3) is 0 Å². The number of nitrogen functional groups attached to an aromatic ring is 1. The van der Waals surface area contributed by atoms with Crippen LogP contribution in [0.4, 0.5) is 5.69 Å². The summed E-state index contributed by atoms with van der Waals surface area (Å²) < 4.78 is 1.73. The summed E-state index contributed by atoms with van der Waals surface area (Å²) in [5.41, 5.74) is 6.20. The number of anilines is 1. The van der Waals surface area contributed by atoms with E-state index in [-0.39, 0.29) is 5.91 Å². The Morgan fingerprint density at radius 2 is 2.17 bits per heavy atom. The highest BCUT2D eigenvalue weighted by Crippen LogP contribution is 2.04. The second-order valence-electron chi connectivity index (χ2n) is 4.55. The first-order valence-corrected chi connectivity index (χ1v) is 6.77. The topological polar surface area (TPSA) is 72.9 Å². The van der Waals surface area contributed by atoms with Crippen molar-refractivity contribution in [1.29, 1.82) is 0 Å². The first-order valence-electron chi connectivity index (χ1n) is 6.77. The summed E-state index contributed by atoms with van der Waals surface area (Å²) in [5.74, 6) is 0.131. The van der Waals surface area contributed by atoms with E-state index in [1.165, 1.54) is 19.3 Å². The van der Waals surface area contributed by atoms with Gasteiger partial charge < -0.3 is 11.1 Å². The molecule has 0 atom stereocenters. The van der Waals surface area contributed by atoms with E-state index in [9.17, 15) is 4.79 Å². The van der Waals surface area contributed by atoms with Gasteiger partial charge >= 0.3 is 0 Å². The van der Waals surface area contributed by atoms with Gasteiger partial charge in [0.05, 0.1) is 18.4 Å². The second kappa shape index (κ2) is 8.55. The predicted molar refractivity (Wildman–Crippen MR) is 73.0 cm³/mol. The highest BCUT2D eigenvalue weighted by molar-refractivity contribution is 5.75. The summed E-state index contributed by atoms with van der Waals surface area (Å²) in [7, 11) is 0. The summed E-state index contributed by atoms with van der Waals surface area (Å²) in [6.07, 6.45) is 9.87. The van der Waals surface area contributed by atoms with Crippen molar-refractivity contribution < 1.29 is 4.79 Å². The highest BCUT2D eigenvalue weighted by atomic mass is 16.1. The largest absolute Gasteiger partial charge is 0.396 e. The quantitative estimate of drug-likeness (QED) is 0.660. The summed E-state index contributed by atoms with van der Waals surface area (Å²) >= 11 is 0. The molecule has 1 aromatic rings. The zero-order valence-electron chi connectivity index (χ0n) is 11.2. The molecule has 0 saturated heterocycles. The maximum atomic E-state index is 11.5. The van der Waals surface area contributed by atoms with Gasteiger partial charge in [-0.1, -0.05) is 32.6 Å². The molecule has 0 aliphatic heterocycles. The third kappa shape index (κ3) is 6.27. The van der Waals surface area contributed by atoms with Gasteiger partial charge in [-0.2, -0.15) is 5.10 Å². The van der Waals surface area contributed by atoms with Crippen LogP contribution in [0, 0.1) is 0 Å². The molecule has 5 nitrogen and oxygen atoms in total. The molecule has 1 rings (SSSR count). The van der Waals surface area contributed by atoms with E-state index in [1.54, 1.807) is 17.1 Å². The molecule has 1 heterocycles. The molecule has 0 bridgehead atoms. The smallest absolute Gasteiger partial charge is 0.220 e. The van der Waals surface area contributed by atoms with Crippen molar-refractivity contribution in [1.82, 2.24) is 15.1 Å². The van der Waals surface area contributed by atoms with E-state index in [4.69, 9.17) is 5.73 Å². The van der Waals surface area contributed by atoms with Crippen molar-refractivity contribution in [2.75, 3.05) is 12.3 Å². The molecule has 0 radical (unpaired) electrons. The Morgan fingerprint density at radius 1 is 1.39 bits per heavy atom. The average molecular weight is 252 g/mol. The lowest BCUT2D eigenvalue weighted by Crippen LogP contribution is -2.27. The molecule has 3 N–H and O–H groups in total. The monoisotopic (exact) mass is 252 g/mol. The predicted octanol–water partition coefficient (Wildman–Crippen LogP) is 1.94. The van der Waals surface area contributed by atoms with Crippen molar-refractivity contribution in [2.45, 2.75) is 52.0 Å². The van der Waals surface area contributed by atoms with E-state index in [2.05, 4.69) is 17.3 Å². The number of nitrogens with one attached hydrogen (secondary N) is 1. The Hall–Kier alpha value is -1.52. The van der Waals surface area contributed by atoms with Crippen LogP contribution in [0.15, 0.2) is 12.4 Å². The van der Waals surface area contributed by atoms with Crippen molar-refractivity contribution in [3.8, 4) is 0 Å². The first-order chi connectivity index (χ1) is 8.72. The van der Waals surface area contributed by atoms with Gasteiger partial charge in [-0.05, 0) is 6.42 Å². The molecular formula is C13H24N4O. The molecule has 0 fully saturated rings. The van der Waals surface area contributed by atoms with Crippen LogP contribution in [0.1, 0.15) is 45.4 Å². The number of hydrogen-bond acceptors (Lipinski definition) is 3. The van der Waals surface area contributed by atoms with Crippen LogP contribution in [0.2, 0.25) is 0 Å². The summed E-state index contributed by atoms with van der Waals surface area (Å²) in [5, 5.41) is 6.94. The van der Waals surface area contributed by atoms with Crippen LogP contribution in [0.3, 0.4) is 0 Å². The van der Waals surface area contributed by atoms with Crippen molar-refractivity contribution in [3.63, 3.8) is 0 Å². The molecule has 102 valence electrons. The second-order valence-corrected chi connectivity index (χ2v) is 4.55. The van der Waals surface area contributed by atoms with Crippen LogP contribution >= 0.6 is 0 Å². The SMILES string of the molecule is CCCCCCCC(=O)NCCn1cc(N)cn1. The minimum absolute atomic E-state index is 0.131.